The minimum absolute atomic E-state index is 0.129. The molecular weight excluding hydrogens is 256 g/mol. The maximum atomic E-state index is 11.1. The molecule has 1 unspecified atom stereocenters. The highest BCUT2D eigenvalue weighted by atomic mass is 16.5. The average Bonchev–Trinajstić information content (AvgIpc) is 3.00. The average molecular weight is 274 g/mol. The van der Waals surface area contributed by atoms with Gasteiger partial charge in [0.15, 0.2) is 0 Å². The van der Waals surface area contributed by atoms with Gasteiger partial charge >= 0.3 is 6.09 Å². The van der Waals surface area contributed by atoms with Gasteiger partial charge in [0.1, 0.15) is 5.76 Å². The summed E-state index contributed by atoms with van der Waals surface area (Å²) in [6.07, 6.45) is 2.10. The Bertz CT molecular complexity index is 535. The molecule has 0 bridgehead atoms. The quantitative estimate of drug-likeness (QED) is 0.864. The molecule has 0 spiro atoms. The van der Waals surface area contributed by atoms with Gasteiger partial charge in [-0.1, -0.05) is 6.92 Å². The fraction of sp³-hybridized carbons (Fsp3) is 0.267. The number of hydrogen-bond acceptors (Lipinski definition) is 4. The highest BCUT2D eigenvalue weighted by Gasteiger charge is 2.11. The largest absolute Gasteiger partial charge is 0.467 e. The van der Waals surface area contributed by atoms with Crippen molar-refractivity contribution in [2.24, 2.45) is 0 Å². The van der Waals surface area contributed by atoms with Gasteiger partial charge in [-0.05, 0) is 42.8 Å². The van der Waals surface area contributed by atoms with Crippen LogP contribution in [0.4, 0.5) is 16.2 Å². The fourth-order valence-corrected chi connectivity index (χ4v) is 1.88. The molecule has 5 nitrogen and oxygen atoms in total. The Hall–Kier alpha value is -2.43. The lowest BCUT2D eigenvalue weighted by atomic mass is 10.1. The van der Waals surface area contributed by atoms with Crippen molar-refractivity contribution in [2.45, 2.75) is 19.4 Å². The number of carbonyl (C=O) groups is 1. The maximum Gasteiger partial charge on any atom is 0.411 e. The topological polar surface area (TPSA) is 63.5 Å². The van der Waals surface area contributed by atoms with Crippen LogP contribution in [-0.2, 0) is 4.74 Å². The minimum atomic E-state index is -0.479. The number of carbonyl (C=O) groups excluding carboxylic acids is 1. The number of nitrogens with one attached hydrogen (secondary N) is 2. The third kappa shape index (κ3) is 3.54. The van der Waals surface area contributed by atoms with E-state index in [-0.39, 0.29) is 6.04 Å². The van der Waals surface area contributed by atoms with E-state index in [4.69, 9.17) is 4.42 Å². The van der Waals surface area contributed by atoms with Gasteiger partial charge in [0, 0.05) is 11.4 Å². The number of benzene rings is 1. The summed E-state index contributed by atoms with van der Waals surface area (Å²) in [7, 11) is 1.33. The first-order valence-corrected chi connectivity index (χ1v) is 6.48. The van der Waals surface area contributed by atoms with Crippen LogP contribution in [0.2, 0.25) is 0 Å². The Morgan fingerprint density at radius 3 is 2.50 bits per heavy atom. The molecule has 0 radical (unpaired) electrons. The van der Waals surface area contributed by atoms with Crippen LogP contribution < -0.4 is 10.6 Å². The van der Waals surface area contributed by atoms with Crippen LogP contribution >= 0.6 is 0 Å². The van der Waals surface area contributed by atoms with E-state index < -0.39 is 6.09 Å². The van der Waals surface area contributed by atoms with Gasteiger partial charge in [0.05, 0.1) is 19.4 Å². The Morgan fingerprint density at radius 2 is 1.95 bits per heavy atom. The summed E-state index contributed by atoms with van der Waals surface area (Å²) in [6.45, 7) is 2.09. The first-order chi connectivity index (χ1) is 9.72. The van der Waals surface area contributed by atoms with E-state index in [1.54, 1.807) is 6.26 Å². The molecule has 106 valence electrons. The van der Waals surface area contributed by atoms with E-state index >= 15 is 0 Å². The third-order valence-corrected chi connectivity index (χ3v) is 2.95. The molecule has 0 fully saturated rings. The number of ether oxygens (including phenoxy) is 1. The first-order valence-electron chi connectivity index (χ1n) is 6.48. The molecule has 5 heteroatoms. The summed E-state index contributed by atoms with van der Waals surface area (Å²) in [5, 5.41) is 5.99. The highest BCUT2D eigenvalue weighted by molar-refractivity contribution is 5.84. The number of rotatable bonds is 5. The summed E-state index contributed by atoms with van der Waals surface area (Å²) in [5.74, 6) is 0.907. The molecule has 1 aromatic heterocycles. The van der Waals surface area contributed by atoms with Gasteiger partial charge in [-0.25, -0.2) is 4.79 Å². The maximum absolute atomic E-state index is 11.1. The monoisotopic (exact) mass is 274 g/mol. The Kier molecular flexibility index (Phi) is 4.65. The molecular formula is C15H18N2O3. The van der Waals surface area contributed by atoms with Crippen molar-refractivity contribution in [3.05, 3.63) is 48.4 Å². The van der Waals surface area contributed by atoms with Crippen LogP contribution in [0.25, 0.3) is 0 Å². The first kappa shape index (κ1) is 14.0. The predicted octanol–water partition coefficient (Wildman–Crippen LogP) is 4.02. The lowest BCUT2D eigenvalue weighted by Crippen LogP contribution is -2.11. The summed E-state index contributed by atoms with van der Waals surface area (Å²) < 4.78 is 9.95. The van der Waals surface area contributed by atoms with Gasteiger partial charge in [-0.15, -0.1) is 0 Å². The molecule has 1 atom stereocenters. The van der Waals surface area contributed by atoms with Gasteiger partial charge in [-0.2, -0.15) is 0 Å². The Balaban J connectivity index is 2.01. The van der Waals surface area contributed by atoms with Crippen molar-refractivity contribution in [3.63, 3.8) is 0 Å². The number of methoxy groups -OCH3 is 1. The van der Waals surface area contributed by atoms with Crippen LogP contribution in [0.15, 0.2) is 47.1 Å². The van der Waals surface area contributed by atoms with Crippen LogP contribution in [0.1, 0.15) is 25.1 Å². The Labute approximate surface area is 117 Å². The van der Waals surface area contributed by atoms with Crippen molar-refractivity contribution in [2.75, 3.05) is 17.7 Å². The van der Waals surface area contributed by atoms with E-state index in [0.29, 0.717) is 5.69 Å². The van der Waals surface area contributed by atoms with Gasteiger partial charge in [0.2, 0.25) is 0 Å². The molecule has 0 aliphatic carbocycles. The second-order valence-corrected chi connectivity index (χ2v) is 4.31. The highest BCUT2D eigenvalue weighted by Crippen LogP contribution is 2.23. The van der Waals surface area contributed by atoms with Crippen LogP contribution in [0, 0.1) is 0 Å². The Morgan fingerprint density at radius 1 is 1.25 bits per heavy atom. The smallest absolute Gasteiger partial charge is 0.411 e. The zero-order chi connectivity index (χ0) is 14.4. The normalized spacial score (nSPS) is 11.7. The lowest BCUT2D eigenvalue weighted by molar-refractivity contribution is 0.187. The summed E-state index contributed by atoms with van der Waals surface area (Å²) in [4.78, 5) is 11.1. The molecule has 2 rings (SSSR count). The van der Waals surface area contributed by atoms with Gasteiger partial charge < -0.3 is 14.5 Å². The number of amides is 1. The number of hydrogen-bond donors (Lipinski definition) is 2. The molecule has 0 aliphatic rings. The van der Waals surface area contributed by atoms with Crippen molar-refractivity contribution in [1.29, 1.82) is 0 Å². The standard InChI is InChI=1S/C15H18N2O3/c1-3-13(14-5-4-10-20-14)16-11-6-8-12(9-7-11)17-15(18)19-2/h4-10,13,16H,3H2,1-2H3,(H,17,18). The third-order valence-electron chi connectivity index (χ3n) is 2.95. The van der Waals surface area contributed by atoms with Crippen molar-refractivity contribution < 1.29 is 13.9 Å². The summed E-state index contributed by atoms with van der Waals surface area (Å²) >= 11 is 0. The molecule has 1 heterocycles. The molecule has 2 N–H and O–H groups in total. The van der Waals surface area contributed by atoms with E-state index in [0.717, 1.165) is 17.9 Å². The van der Waals surface area contributed by atoms with Crippen molar-refractivity contribution in [1.82, 2.24) is 0 Å². The molecule has 1 amide bonds. The molecule has 1 aromatic carbocycles. The molecule has 0 saturated carbocycles. The minimum Gasteiger partial charge on any atom is -0.467 e. The van der Waals surface area contributed by atoms with Crippen molar-refractivity contribution >= 4 is 17.5 Å². The SMILES string of the molecule is CCC(Nc1ccc(NC(=O)OC)cc1)c1ccco1. The van der Waals surface area contributed by atoms with E-state index in [1.165, 1.54) is 7.11 Å². The predicted molar refractivity (Wildman–Crippen MR) is 77.8 cm³/mol. The van der Waals surface area contributed by atoms with Crippen LogP contribution in [0.3, 0.4) is 0 Å². The zero-order valence-corrected chi connectivity index (χ0v) is 11.6. The molecule has 20 heavy (non-hydrogen) atoms. The van der Waals surface area contributed by atoms with E-state index in [1.807, 2.05) is 36.4 Å². The molecule has 0 saturated heterocycles. The van der Waals surface area contributed by atoms with Gasteiger partial charge in [-0.3, -0.25) is 5.32 Å². The second kappa shape index (κ2) is 6.65. The fourth-order valence-electron chi connectivity index (χ4n) is 1.88. The zero-order valence-electron chi connectivity index (χ0n) is 11.6. The summed E-state index contributed by atoms with van der Waals surface area (Å²) in [6, 6.07) is 11.4. The van der Waals surface area contributed by atoms with Crippen LogP contribution in [0.5, 0.6) is 0 Å². The van der Waals surface area contributed by atoms with Crippen molar-refractivity contribution in [3.8, 4) is 0 Å². The van der Waals surface area contributed by atoms with E-state index in [2.05, 4.69) is 22.3 Å². The number of anilines is 2. The van der Waals surface area contributed by atoms with Crippen LogP contribution in [-0.4, -0.2) is 13.2 Å². The number of furan rings is 1. The second-order valence-electron chi connectivity index (χ2n) is 4.31. The molecule has 2 aromatic rings. The molecule has 0 aliphatic heterocycles. The summed E-state index contributed by atoms with van der Waals surface area (Å²) in [5.41, 5.74) is 1.65. The lowest BCUT2D eigenvalue weighted by Gasteiger charge is -2.16. The van der Waals surface area contributed by atoms with E-state index in [9.17, 15) is 4.79 Å². The van der Waals surface area contributed by atoms with Gasteiger partial charge in [0.25, 0.3) is 0 Å².